The Kier molecular flexibility index (Phi) is 8.87. The molecule has 0 radical (unpaired) electrons. The van der Waals surface area contributed by atoms with Gasteiger partial charge in [0, 0.05) is 11.8 Å². The molecular weight excluding hydrogens is 444 g/mol. The SMILES string of the molecule is O=C(NC1(C(=O)O)CCCCC1)C1CCCCC1.O=C1OC(C2CCCCC2)=NC12CCCCC2. The first-order valence-corrected chi connectivity index (χ1v) is 14.3. The fourth-order valence-electron chi connectivity index (χ4n) is 6.70. The van der Waals surface area contributed by atoms with Crippen LogP contribution >= 0.6 is 0 Å². The molecule has 0 aromatic rings. The van der Waals surface area contributed by atoms with E-state index in [1.807, 2.05) is 0 Å². The summed E-state index contributed by atoms with van der Waals surface area (Å²) < 4.78 is 5.51. The van der Waals surface area contributed by atoms with Crippen LogP contribution in [-0.4, -0.2) is 39.9 Å². The van der Waals surface area contributed by atoms with Crippen molar-refractivity contribution in [3.8, 4) is 0 Å². The van der Waals surface area contributed by atoms with Crippen LogP contribution in [0.4, 0.5) is 0 Å². The van der Waals surface area contributed by atoms with E-state index >= 15 is 0 Å². The molecule has 5 aliphatic rings. The van der Waals surface area contributed by atoms with Gasteiger partial charge in [-0.25, -0.2) is 14.6 Å². The summed E-state index contributed by atoms with van der Waals surface area (Å²) in [4.78, 5) is 40.5. The molecule has 35 heavy (non-hydrogen) atoms. The second-order valence-corrected chi connectivity index (χ2v) is 11.5. The molecule has 0 bridgehead atoms. The van der Waals surface area contributed by atoms with Crippen LogP contribution in [0.15, 0.2) is 4.99 Å². The summed E-state index contributed by atoms with van der Waals surface area (Å²) in [6, 6.07) is 0. The van der Waals surface area contributed by atoms with E-state index in [4.69, 9.17) is 9.73 Å². The Bertz CT molecular complexity index is 783. The molecule has 7 nitrogen and oxygen atoms in total. The zero-order valence-corrected chi connectivity index (χ0v) is 21.3. The van der Waals surface area contributed by atoms with Crippen LogP contribution in [0.3, 0.4) is 0 Å². The van der Waals surface area contributed by atoms with Crippen molar-refractivity contribution in [1.82, 2.24) is 5.32 Å². The number of rotatable bonds is 4. The summed E-state index contributed by atoms with van der Waals surface area (Å²) in [5.41, 5.74) is -1.45. The molecule has 4 aliphatic carbocycles. The van der Waals surface area contributed by atoms with Crippen LogP contribution in [0, 0.1) is 11.8 Å². The van der Waals surface area contributed by atoms with Gasteiger partial charge in [0.2, 0.25) is 5.91 Å². The highest BCUT2D eigenvalue weighted by atomic mass is 16.6. The van der Waals surface area contributed by atoms with Crippen molar-refractivity contribution in [3.63, 3.8) is 0 Å². The Morgan fingerprint density at radius 3 is 1.86 bits per heavy atom. The molecule has 2 N–H and O–H groups in total. The van der Waals surface area contributed by atoms with Gasteiger partial charge in [-0.15, -0.1) is 0 Å². The molecule has 7 heteroatoms. The van der Waals surface area contributed by atoms with Gasteiger partial charge in [0.15, 0.2) is 11.4 Å². The Morgan fingerprint density at radius 1 is 0.771 bits per heavy atom. The van der Waals surface area contributed by atoms with Crippen LogP contribution in [0.5, 0.6) is 0 Å². The lowest BCUT2D eigenvalue weighted by Crippen LogP contribution is -2.57. The van der Waals surface area contributed by atoms with Crippen LogP contribution < -0.4 is 5.32 Å². The predicted octanol–water partition coefficient (Wildman–Crippen LogP) is 5.70. The number of nitrogens with one attached hydrogen (secondary N) is 1. The third-order valence-corrected chi connectivity index (χ3v) is 8.99. The summed E-state index contributed by atoms with van der Waals surface area (Å²) in [5.74, 6) is 0.297. The number of ether oxygens (including phenoxy) is 1. The number of aliphatic imine (C=N–C) groups is 1. The summed E-state index contributed by atoms with van der Waals surface area (Å²) in [5, 5.41) is 12.3. The van der Waals surface area contributed by atoms with E-state index in [1.165, 1.54) is 32.1 Å². The number of hydrogen-bond acceptors (Lipinski definition) is 5. The number of amides is 1. The lowest BCUT2D eigenvalue weighted by Gasteiger charge is -2.35. The minimum absolute atomic E-state index is 0.0287. The summed E-state index contributed by atoms with van der Waals surface area (Å²) >= 11 is 0. The molecule has 0 saturated heterocycles. The van der Waals surface area contributed by atoms with Gasteiger partial charge in [-0.3, -0.25) is 4.79 Å². The normalized spacial score (nSPS) is 26.7. The van der Waals surface area contributed by atoms with Gasteiger partial charge in [-0.2, -0.15) is 0 Å². The number of carbonyl (C=O) groups is 3. The predicted molar refractivity (Wildman–Crippen MR) is 134 cm³/mol. The van der Waals surface area contributed by atoms with E-state index in [9.17, 15) is 19.5 Å². The van der Waals surface area contributed by atoms with Crippen molar-refractivity contribution >= 4 is 23.7 Å². The fourth-order valence-corrected chi connectivity index (χ4v) is 6.70. The van der Waals surface area contributed by atoms with Crippen molar-refractivity contribution in [1.29, 1.82) is 0 Å². The summed E-state index contributed by atoms with van der Waals surface area (Å²) in [6.07, 6.45) is 20.7. The molecule has 4 saturated carbocycles. The Hall–Kier alpha value is -1.92. The van der Waals surface area contributed by atoms with Crippen molar-refractivity contribution < 1.29 is 24.2 Å². The number of carboxylic acid groups (broad SMARTS) is 1. The number of aliphatic carboxylic acids is 1. The summed E-state index contributed by atoms with van der Waals surface area (Å²) in [7, 11) is 0. The standard InChI is InChI=1S/C14H23NO3.C14H21NO2/c16-12(11-7-3-1-4-8-11)15-14(13(17)18)9-5-2-6-10-14;16-13-14(9-5-2-6-10-14)15-12(17-13)11-7-3-1-4-8-11/h11H,1-10H2,(H,15,16)(H,17,18);11H,1-10H2. The number of nitrogens with zero attached hydrogens (tertiary/aromatic N) is 1. The number of hydrogen-bond donors (Lipinski definition) is 2. The molecular formula is C28H44N2O5. The summed E-state index contributed by atoms with van der Waals surface area (Å²) in [6.45, 7) is 0. The highest BCUT2D eigenvalue weighted by molar-refractivity contribution is 6.01. The van der Waals surface area contributed by atoms with E-state index in [-0.39, 0.29) is 17.8 Å². The van der Waals surface area contributed by atoms with Gasteiger partial charge in [0.1, 0.15) is 5.54 Å². The molecule has 4 fully saturated rings. The number of cyclic esters (lactones) is 1. The zero-order valence-electron chi connectivity index (χ0n) is 21.3. The lowest BCUT2D eigenvalue weighted by molar-refractivity contribution is -0.150. The van der Waals surface area contributed by atoms with Crippen LogP contribution in [0.1, 0.15) is 128 Å². The third-order valence-electron chi connectivity index (χ3n) is 8.99. The Morgan fingerprint density at radius 2 is 1.29 bits per heavy atom. The second kappa shape index (κ2) is 11.9. The van der Waals surface area contributed by atoms with E-state index in [0.717, 1.165) is 89.4 Å². The average molecular weight is 489 g/mol. The molecule has 1 heterocycles. The van der Waals surface area contributed by atoms with E-state index in [2.05, 4.69) is 5.32 Å². The van der Waals surface area contributed by atoms with Gasteiger partial charge in [0.25, 0.3) is 0 Å². The third kappa shape index (κ3) is 6.26. The van der Waals surface area contributed by atoms with Gasteiger partial charge in [-0.1, -0.05) is 77.0 Å². The minimum atomic E-state index is -0.979. The second-order valence-electron chi connectivity index (χ2n) is 11.5. The zero-order chi connectivity index (χ0) is 24.7. The molecule has 5 rings (SSSR count). The molecule has 1 aliphatic heterocycles. The van der Waals surface area contributed by atoms with Crippen molar-refractivity contribution in [2.75, 3.05) is 0 Å². The van der Waals surface area contributed by atoms with Gasteiger partial charge in [0.05, 0.1) is 0 Å². The highest BCUT2D eigenvalue weighted by Crippen LogP contribution is 2.39. The Labute approximate surface area is 209 Å². The van der Waals surface area contributed by atoms with Gasteiger partial charge < -0.3 is 15.2 Å². The number of carbonyl (C=O) groups excluding carboxylic acids is 2. The highest BCUT2D eigenvalue weighted by Gasteiger charge is 2.47. The van der Waals surface area contributed by atoms with Gasteiger partial charge >= 0.3 is 11.9 Å². The first kappa shape index (κ1) is 26.2. The maximum atomic E-state index is 12.2. The van der Waals surface area contributed by atoms with E-state index in [0.29, 0.717) is 18.8 Å². The average Bonchev–Trinajstić information content (AvgIpc) is 3.21. The number of carboxylic acids is 1. The van der Waals surface area contributed by atoms with Crippen molar-refractivity contribution in [3.05, 3.63) is 0 Å². The molecule has 196 valence electrons. The largest absolute Gasteiger partial charge is 0.480 e. The monoisotopic (exact) mass is 488 g/mol. The topological polar surface area (TPSA) is 105 Å². The molecule has 1 spiro atoms. The van der Waals surface area contributed by atoms with E-state index in [1.54, 1.807) is 0 Å². The molecule has 0 unspecified atom stereocenters. The molecule has 0 atom stereocenters. The first-order valence-electron chi connectivity index (χ1n) is 14.3. The smallest absolute Gasteiger partial charge is 0.340 e. The first-order chi connectivity index (χ1) is 16.9. The molecule has 0 aromatic heterocycles. The molecule has 0 aromatic carbocycles. The fraction of sp³-hybridized carbons (Fsp3) is 0.857. The Balaban J connectivity index is 0.000000165. The van der Waals surface area contributed by atoms with Crippen molar-refractivity contribution in [2.45, 2.75) is 139 Å². The maximum Gasteiger partial charge on any atom is 0.340 e. The van der Waals surface area contributed by atoms with Crippen LogP contribution in [0.25, 0.3) is 0 Å². The lowest BCUT2D eigenvalue weighted by atomic mass is 9.80. The van der Waals surface area contributed by atoms with Crippen molar-refractivity contribution in [2.24, 2.45) is 16.8 Å². The van der Waals surface area contributed by atoms with Gasteiger partial charge in [-0.05, 0) is 51.4 Å². The minimum Gasteiger partial charge on any atom is -0.480 e. The quantitative estimate of drug-likeness (QED) is 0.494. The van der Waals surface area contributed by atoms with E-state index < -0.39 is 17.0 Å². The maximum absolute atomic E-state index is 12.2. The van der Waals surface area contributed by atoms with Crippen LogP contribution in [0.2, 0.25) is 0 Å². The van der Waals surface area contributed by atoms with Crippen LogP contribution in [-0.2, 0) is 19.1 Å². The molecule has 1 amide bonds. The number of esters is 1.